The molecule has 0 aliphatic carbocycles. The van der Waals surface area contributed by atoms with Crippen molar-refractivity contribution in [1.82, 2.24) is 14.3 Å². The van der Waals surface area contributed by atoms with Crippen molar-refractivity contribution in [2.24, 2.45) is 4.99 Å². The van der Waals surface area contributed by atoms with E-state index in [1.165, 1.54) is 36.9 Å². The van der Waals surface area contributed by atoms with Crippen LogP contribution in [0.2, 0.25) is 0 Å². The number of thiazole rings is 1. The summed E-state index contributed by atoms with van der Waals surface area (Å²) < 4.78 is 29.4. The van der Waals surface area contributed by atoms with Crippen LogP contribution in [0.4, 0.5) is 5.13 Å². The Labute approximate surface area is 237 Å². The van der Waals surface area contributed by atoms with Crippen molar-refractivity contribution < 1.29 is 22.7 Å². The number of methoxy groups -OCH3 is 1. The average molecular weight is 582 g/mol. The summed E-state index contributed by atoms with van der Waals surface area (Å²) in [7, 11) is -2.12. The number of nitrogens with one attached hydrogen (secondary N) is 2. The number of ether oxygens (including phenoxy) is 1. The Morgan fingerprint density at radius 3 is 2.70 bits per heavy atom. The molecule has 0 saturated heterocycles. The molecule has 0 fully saturated rings. The van der Waals surface area contributed by atoms with Gasteiger partial charge in [0.2, 0.25) is 10.0 Å². The summed E-state index contributed by atoms with van der Waals surface area (Å²) in [6, 6.07) is 8.38. The summed E-state index contributed by atoms with van der Waals surface area (Å²) >= 11 is 1.27. The number of aromatic nitrogens is 2. The molecular formula is C28H31N5O5S2. The van der Waals surface area contributed by atoms with E-state index < -0.39 is 27.9 Å². The third-order valence-electron chi connectivity index (χ3n) is 6.10. The second-order valence-electron chi connectivity index (χ2n) is 9.41. The molecule has 4 rings (SSSR count). The number of benzene rings is 1. The van der Waals surface area contributed by atoms with Gasteiger partial charge in [0.05, 0.1) is 24.1 Å². The summed E-state index contributed by atoms with van der Waals surface area (Å²) in [5.41, 5.74) is 5.94. The molecule has 3 heterocycles. The first-order valence-corrected chi connectivity index (χ1v) is 15.2. The molecule has 3 aromatic rings. The molecule has 1 aromatic carbocycles. The van der Waals surface area contributed by atoms with Gasteiger partial charge in [-0.1, -0.05) is 24.3 Å². The Bertz CT molecular complexity index is 1610. The summed E-state index contributed by atoms with van der Waals surface area (Å²) in [5.74, 6) is -1.12. The monoisotopic (exact) mass is 581 g/mol. The first-order chi connectivity index (χ1) is 19.0. The van der Waals surface area contributed by atoms with Gasteiger partial charge >= 0.3 is 0 Å². The Morgan fingerprint density at radius 2 is 1.98 bits per heavy atom. The van der Waals surface area contributed by atoms with Crippen LogP contribution < -0.4 is 10.6 Å². The molecule has 12 heteroatoms. The smallest absolute Gasteiger partial charge is 0.253 e. The van der Waals surface area contributed by atoms with E-state index in [1.807, 2.05) is 31.4 Å². The summed E-state index contributed by atoms with van der Waals surface area (Å²) in [6.07, 6.45) is 9.60. The van der Waals surface area contributed by atoms with Crippen LogP contribution in [0.25, 0.3) is 16.8 Å². The van der Waals surface area contributed by atoms with E-state index in [0.29, 0.717) is 10.8 Å². The zero-order chi connectivity index (χ0) is 28.9. The minimum Gasteiger partial charge on any atom is -0.382 e. The zero-order valence-corrected chi connectivity index (χ0v) is 24.3. The number of rotatable bonds is 9. The SMILES string of the molecule is COC[C@H](NC(=O)c1ccn(S(C)(=O)=O)c1)C(=O)Nc1nc(-c2cccc(C3=C/CCC(C)=N/C(C)=C\3)c2)cs1. The molecule has 210 valence electrons. The van der Waals surface area contributed by atoms with Crippen molar-refractivity contribution in [1.29, 1.82) is 0 Å². The topological polar surface area (TPSA) is 132 Å². The van der Waals surface area contributed by atoms with Crippen LogP contribution in [-0.4, -0.2) is 60.9 Å². The molecule has 2 aromatic heterocycles. The van der Waals surface area contributed by atoms with Gasteiger partial charge in [-0.3, -0.25) is 18.6 Å². The van der Waals surface area contributed by atoms with Crippen LogP contribution in [-0.2, 0) is 19.6 Å². The van der Waals surface area contributed by atoms with Crippen molar-refractivity contribution >= 4 is 49.6 Å². The van der Waals surface area contributed by atoms with E-state index in [9.17, 15) is 18.0 Å². The van der Waals surface area contributed by atoms with Gasteiger partial charge in [-0.15, -0.1) is 11.3 Å². The lowest BCUT2D eigenvalue weighted by Crippen LogP contribution is -2.46. The van der Waals surface area contributed by atoms with Gasteiger partial charge in [0, 0.05) is 41.9 Å². The quantitative estimate of drug-likeness (QED) is 0.386. The Hall–Kier alpha value is -3.87. The molecule has 2 amide bonds. The van der Waals surface area contributed by atoms with E-state index in [0.717, 1.165) is 51.2 Å². The van der Waals surface area contributed by atoms with Crippen molar-refractivity contribution in [3.05, 3.63) is 77.1 Å². The molecule has 0 unspecified atom stereocenters. The average Bonchev–Trinajstić information content (AvgIpc) is 3.57. The lowest BCUT2D eigenvalue weighted by atomic mass is 9.99. The minimum atomic E-state index is -3.53. The first kappa shape index (κ1) is 29.1. The number of amides is 2. The highest BCUT2D eigenvalue weighted by molar-refractivity contribution is 7.89. The number of allylic oxidation sites excluding steroid dienone is 4. The van der Waals surface area contributed by atoms with E-state index in [2.05, 4.69) is 44.9 Å². The number of nitrogens with zero attached hydrogens (tertiary/aromatic N) is 3. The van der Waals surface area contributed by atoms with Crippen LogP contribution in [0.5, 0.6) is 0 Å². The van der Waals surface area contributed by atoms with Gasteiger partial charge < -0.3 is 15.4 Å². The first-order valence-electron chi connectivity index (χ1n) is 12.5. The second kappa shape index (κ2) is 12.5. The standard InChI is InChI=1S/C28H31N5O5S2/c1-18-7-5-8-20(13-19(2)29-18)21-9-6-10-22(14-21)25-17-39-28(31-25)32-27(35)24(16-38-3)30-26(34)23-11-12-33(15-23)40(4,36)37/h6,8-15,17,24H,5,7,16H2,1-4H3,(H,30,34)(H,31,32,35)/b19-13-,20-8+,29-18?/t24-/m0/s1. The van der Waals surface area contributed by atoms with Gasteiger partial charge in [-0.05, 0) is 56.0 Å². The van der Waals surface area contributed by atoms with Crippen LogP contribution >= 0.6 is 11.3 Å². The Balaban J connectivity index is 1.46. The van der Waals surface area contributed by atoms with Crippen molar-refractivity contribution in [3.63, 3.8) is 0 Å². The predicted octanol–water partition coefficient (Wildman–Crippen LogP) is 4.34. The maximum absolute atomic E-state index is 13.0. The van der Waals surface area contributed by atoms with Crippen LogP contribution in [0.1, 0.15) is 42.6 Å². The van der Waals surface area contributed by atoms with E-state index in [4.69, 9.17) is 4.74 Å². The highest BCUT2D eigenvalue weighted by atomic mass is 32.2. The lowest BCUT2D eigenvalue weighted by molar-refractivity contribution is -0.119. The van der Waals surface area contributed by atoms with E-state index in [-0.39, 0.29) is 12.2 Å². The maximum atomic E-state index is 13.0. The highest BCUT2D eigenvalue weighted by Crippen LogP contribution is 2.29. The van der Waals surface area contributed by atoms with Crippen molar-refractivity contribution in [2.45, 2.75) is 32.7 Å². The van der Waals surface area contributed by atoms with Crippen LogP contribution in [0.3, 0.4) is 0 Å². The molecular weight excluding hydrogens is 550 g/mol. The number of hydrogen-bond donors (Lipinski definition) is 2. The molecule has 1 atom stereocenters. The highest BCUT2D eigenvalue weighted by Gasteiger charge is 2.23. The summed E-state index contributed by atoms with van der Waals surface area (Å²) in [6.45, 7) is 3.95. The molecule has 40 heavy (non-hydrogen) atoms. The molecule has 0 radical (unpaired) electrons. The molecule has 2 N–H and O–H groups in total. The van der Waals surface area contributed by atoms with Crippen LogP contribution in [0.15, 0.2) is 70.9 Å². The maximum Gasteiger partial charge on any atom is 0.253 e. The van der Waals surface area contributed by atoms with Gasteiger partial charge in [0.1, 0.15) is 6.04 Å². The van der Waals surface area contributed by atoms with E-state index >= 15 is 0 Å². The fraction of sp³-hybridized carbons (Fsp3) is 0.286. The van der Waals surface area contributed by atoms with E-state index in [1.54, 1.807) is 0 Å². The number of carbonyl (C=O) groups excluding carboxylic acids is 2. The zero-order valence-electron chi connectivity index (χ0n) is 22.7. The molecule has 0 saturated carbocycles. The third-order valence-corrected chi connectivity index (χ3v) is 7.85. The Kier molecular flexibility index (Phi) is 9.13. The molecule has 1 aliphatic heterocycles. The van der Waals surface area contributed by atoms with Gasteiger partial charge in [0.15, 0.2) is 5.13 Å². The molecule has 10 nitrogen and oxygen atoms in total. The summed E-state index contributed by atoms with van der Waals surface area (Å²) in [4.78, 5) is 34.9. The fourth-order valence-electron chi connectivity index (χ4n) is 4.13. The van der Waals surface area contributed by atoms with Crippen molar-refractivity contribution in [2.75, 3.05) is 25.3 Å². The summed E-state index contributed by atoms with van der Waals surface area (Å²) in [5, 5.41) is 7.56. The third kappa shape index (κ3) is 7.40. The number of aliphatic imine (C=N–C) groups is 1. The van der Waals surface area contributed by atoms with Gasteiger partial charge in [-0.25, -0.2) is 13.4 Å². The molecule has 0 bridgehead atoms. The minimum absolute atomic E-state index is 0.0871. The van der Waals surface area contributed by atoms with Gasteiger partial charge in [0.25, 0.3) is 11.8 Å². The number of anilines is 1. The van der Waals surface area contributed by atoms with Crippen LogP contribution in [0, 0.1) is 0 Å². The lowest BCUT2D eigenvalue weighted by Gasteiger charge is -2.16. The predicted molar refractivity (Wildman–Crippen MR) is 158 cm³/mol. The molecule has 1 aliphatic rings. The second-order valence-corrected chi connectivity index (χ2v) is 12.2. The Morgan fingerprint density at radius 1 is 1.20 bits per heavy atom. The normalized spacial score (nSPS) is 17.4. The van der Waals surface area contributed by atoms with Gasteiger partial charge in [-0.2, -0.15) is 0 Å². The van der Waals surface area contributed by atoms with Crippen molar-refractivity contribution in [3.8, 4) is 11.3 Å². The number of hydrogen-bond acceptors (Lipinski definition) is 8. The largest absolute Gasteiger partial charge is 0.382 e. The fourth-order valence-corrected chi connectivity index (χ4v) is 5.44. The number of carbonyl (C=O) groups is 2. The molecule has 0 spiro atoms.